The second kappa shape index (κ2) is 6.06. The van der Waals surface area contributed by atoms with Gasteiger partial charge in [0.1, 0.15) is 0 Å². The third-order valence-corrected chi connectivity index (χ3v) is 2.95. The molecule has 0 bridgehead atoms. The molecule has 104 valence electrons. The molecule has 20 heavy (non-hydrogen) atoms. The SMILES string of the molecule is CN(C)c1ccc(C(=O)NCc2cccnc2)cc1N. The maximum atomic E-state index is 12.1. The van der Waals surface area contributed by atoms with Crippen molar-refractivity contribution in [1.29, 1.82) is 0 Å². The third kappa shape index (κ3) is 3.26. The molecule has 0 aliphatic heterocycles. The zero-order valence-corrected chi connectivity index (χ0v) is 11.6. The van der Waals surface area contributed by atoms with E-state index in [1.807, 2.05) is 37.2 Å². The Morgan fingerprint density at radius 2 is 2.15 bits per heavy atom. The van der Waals surface area contributed by atoms with Crippen LogP contribution in [0.5, 0.6) is 0 Å². The normalized spacial score (nSPS) is 10.1. The molecule has 5 nitrogen and oxygen atoms in total. The molecule has 0 saturated heterocycles. The number of nitrogens with zero attached hydrogens (tertiary/aromatic N) is 2. The number of nitrogen functional groups attached to an aromatic ring is 1. The number of hydrogen-bond acceptors (Lipinski definition) is 4. The van der Waals surface area contributed by atoms with E-state index >= 15 is 0 Å². The van der Waals surface area contributed by atoms with Gasteiger partial charge < -0.3 is 16.0 Å². The van der Waals surface area contributed by atoms with Crippen LogP contribution in [0, 0.1) is 0 Å². The fraction of sp³-hybridized carbons (Fsp3) is 0.200. The minimum Gasteiger partial charge on any atom is -0.397 e. The number of nitrogens with one attached hydrogen (secondary N) is 1. The number of hydrogen-bond donors (Lipinski definition) is 2. The van der Waals surface area contributed by atoms with Crippen molar-refractivity contribution in [3.8, 4) is 0 Å². The van der Waals surface area contributed by atoms with Crippen LogP contribution in [0.3, 0.4) is 0 Å². The van der Waals surface area contributed by atoms with E-state index in [1.165, 1.54) is 0 Å². The maximum absolute atomic E-state index is 12.1. The lowest BCUT2D eigenvalue weighted by Crippen LogP contribution is -2.23. The second-order valence-electron chi connectivity index (χ2n) is 4.71. The summed E-state index contributed by atoms with van der Waals surface area (Å²) in [6.07, 6.45) is 3.43. The Morgan fingerprint density at radius 1 is 1.35 bits per heavy atom. The zero-order chi connectivity index (χ0) is 14.5. The van der Waals surface area contributed by atoms with Crippen molar-refractivity contribution in [2.75, 3.05) is 24.7 Å². The van der Waals surface area contributed by atoms with Crippen molar-refractivity contribution in [3.05, 3.63) is 53.9 Å². The van der Waals surface area contributed by atoms with Crippen LogP contribution >= 0.6 is 0 Å². The van der Waals surface area contributed by atoms with Crippen LogP contribution in [-0.4, -0.2) is 25.0 Å². The van der Waals surface area contributed by atoms with Gasteiger partial charge in [-0.15, -0.1) is 0 Å². The Morgan fingerprint density at radius 3 is 2.75 bits per heavy atom. The lowest BCUT2D eigenvalue weighted by atomic mass is 10.1. The van der Waals surface area contributed by atoms with Gasteiger partial charge in [0.2, 0.25) is 0 Å². The minimum atomic E-state index is -0.147. The van der Waals surface area contributed by atoms with E-state index < -0.39 is 0 Å². The number of nitrogens with two attached hydrogens (primary N) is 1. The van der Waals surface area contributed by atoms with Crippen molar-refractivity contribution < 1.29 is 4.79 Å². The maximum Gasteiger partial charge on any atom is 0.251 e. The van der Waals surface area contributed by atoms with Crippen LogP contribution in [0.25, 0.3) is 0 Å². The Bertz CT molecular complexity index is 596. The molecule has 0 radical (unpaired) electrons. The first-order valence-corrected chi connectivity index (χ1v) is 6.32. The third-order valence-electron chi connectivity index (χ3n) is 2.95. The number of rotatable bonds is 4. The molecule has 2 aromatic rings. The summed E-state index contributed by atoms with van der Waals surface area (Å²) in [5, 5.41) is 2.84. The van der Waals surface area contributed by atoms with Crippen LogP contribution < -0.4 is 16.0 Å². The van der Waals surface area contributed by atoms with E-state index in [4.69, 9.17) is 5.73 Å². The van der Waals surface area contributed by atoms with E-state index in [2.05, 4.69) is 10.3 Å². The number of anilines is 2. The van der Waals surface area contributed by atoms with Crippen molar-refractivity contribution in [2.45, 2.75) is 6.54 Å². The van der Waals surface area contributed by atoms with Crippen molar-refractivity contribution in [3.63, 3.8) is 0 Å². The van der Waals surface area contributed by atoms with Crippen LogP contribution in [0.4, 0.5) is 11.4 Å². The molecule has 1 amide bonds. The van der Waals surface area contributed by atoms with Crippen LogP contribution in [0.15, 0.2) is 42.7 Å². The second-order valence-corrected chi connectivity index (χ2v) is 4.71. The van der Waals surface area contributed by atoms with E-state index in [1.54, 1.807) is 24.5 Å². The molecular formula is C15H18N4O. The molecule has 0 spiro atoms. The fourth-order valence-corrected chi connectivity index (χ4v) is 1.89. The molecule has 0 atom stereocenters. The Kier molecular flexibility index (Phi) is 4.20. The van der Waals surface area contributed by atoms with Crippen molar-refractivity contribution in [2.24, 2.45) is 0 Å². The fourth-order valence-electron chi connectivity index (χ4n) is 1.89. The van der Waals surface area contributed by atoms with Gasteiger partial charge >= 0.3 is 0 Å². The Balaban J connectivity index is 2.04. The Hall–Kier alpha value is -2.56. The average molecular weight is 270 g/mol. The van der Waals surface area contributed by atoms with Gasteiger partial charge in [-0.3, -0.25) is 9.78 Å². The highest BCUT2D eigenvalue weighted by atomic mass is 16.1. The van der Waals surface area contributed by atoms with Crippen molar-refractivity contribution in [1.82, 2.24) is 10.3 Å². The first kappa shape index (κ1) is 13.9. The molecule has 0 unspecified atom stereocenters. The molecule has 0 saturated carbocycles. The molecule has 0 aliphatic carbocycles. The van der Waals surface area contributed by atoms with E-state index in [0.29, 0.717) is 17.8 Å². The number of carbonyl (C=O) groups excluding carboxylic acids is 1. The molecule has 0 aliphatic rings. The van der Waals surface area contributed by atoms with Gasteiger partial charge in [0, 0.05) is 38.6 Å². The lowest BCUT2D eigenvalue weighted by molar-refractivity contribution is 0.0951. The summed E-state index contributed by atoms with van der Waals surface area (Å²) in [5.41, 5.74) is 8.93. The smallest absolute Gasteiger partial charge is 0.251 e. The lowest BCUT2D eigenvalue weighted by Gasteiger charge is -2.15. The number of amides is 1. The van der Waals surface area contributed by atoms with Gasteiger partial charge in [0.15, 0.2) is 0 Å². The first-order chi connectivity index (χ1) is 9.58. The van der Waals surface area contributed by atoms with Gasteiger partial charge in [-0.25, -0.2) is 0 Å². The monoisotopic (exact) mass is 270 g/mol. The van der Waals surface area contributed by atoms with Crippen LogP contribution in [0.2, 0.25) is 0 Å². The minimum absolute atomic E-state index is 0.147. The number of benzene rings is 1. The molecule has 1 heterocycles. The predicted octanol–water partition coefficient (Wildman–Crippen LogP) is 1.66. The molecule has 3 N–H and O–H groups in total. The highest BCUT2D eigenvalue weighted by Gasteiger charge is 2.09. The standard InChI is InChI=1S/C15H18N4O/c1-19(2)14-6-5-12(8-13(14)16)15(20)18-10-11-4-3-7-17-9-11/h3-9H,10,16H2,1-2H3,(H,18,20). The molecule has 5 heteroatoms. The van der Waals surface area contributed by atoms with Gasteiger partial charge in [0.25, 0.3) is 5.91 Å². The van der Waals surface area contributed by atoms with Gasteiger partial charge in [-0.2, -0.15) is 0 Å². The summed E-state index contributed by atoms with van der Waals surface area (Å²) in [4.78, 5) is 18.0. The summed E-state index contributed by atoms with van der Waals surface area (Å²) in [6.45, 7) is 0.446. The summed E-state index contributed by atoms with van der Waals surface area (Å²) in [7, 11) is 3.82. The van der Waals surface area contributed by atoms with Crippen LogP contribution in [0.1, 0.15) is 15.9 Å². The summed E-state index contributed by atoms with van der Waals surface area (Å²) >= 11 is 0. The van der Waals surface area contributed by atoms with E-state index in [-0.39, 0.29) is 5.91 Å². The number of aromatic nitrogens is 1. The quantitative estimate of drug-likeness (QED) is 0.829. The molecule has 1 aromatic carbocycles. The summed E-state index contributed by atoms with van der Waals surface area (Å²) in [5.74, 6) is -0.147. The molecule has 0 fully saturated rings. The number of carbonyl (C=O) groups is 1. The average Bonchev–Trinajstić information content (AvgIpc) is 2.45. The largest absolute Gasteiger partial charge is 0.397 e. The first-order valence-electron chi connectivity index (χ1n) is 6.32. The molecular weight excluding hydrogens is 252 g/mol. The topological polar surface area (TPSA) is 71.2 Å². The Labute approximate surface area is 118 Å². The highest BCUT2D eigenvalue weighted by Crippen LogP contribution is 2.22. The predicted molar refractivity (Wildman–Crippen MR) is 80.6 cm³/mol. The summed E-state index contributed by atoms with van der Waals surface area (Å²) in [6, 6.07) is 9.05. The molecule has 1 aromatic heterocycles. The van der Waals surface area contributed by atoms with E-state index in [9.17, 15) is 4.79 Å². The van der Waals surface area contributed by atoms with Gasteiger partial charge in [0.05, 0.1) is 11.4 Å². The number of pyridine rings is 1. The van der Waals surface area contributed by atoms with E-state index in [0.717, 1.165) is 11.3 Å². The highest BCUT2D eigenvalue weighted by molar-refractivity contribution is 5.96. The van der Waals surface area contributed by atoms with Gasteiger partial charge in [-0.05, 0) is 29.8 Å². The summed E-state index contributed by atoms with van der Waals surface area (Å²) < 4.78 is 0. The van der Waals surface area contributed by atoms with Crippen LogP contribution in [-0.2, 0) is 6.54 Å². The van der Waals surface area contributed by atoms with Gasteiger partial charge in [-0.1, -0.05) is 6.07 Å². The molecule has 2 rings (SSSR count). The van der Waals surface area contributed by atoms with Crippen molar-refractivity contribution >= 4 is 17.3 Å². The zero-order valence-electron chi connectivity index (χ0n) is 11.6.